The maximum absolute atomic E-state index is 12.0. The molecule has 1 saturated heterocycles. The summed E-state index contributed by atoms with van der Waals surface area (Å²) in [5, 5.41) is 13.6. The van der Waals surface area contributed by atoms with Crippen molar-refractivity contribution in [2.45, 2.75) is 25.7 Å². The number of piperidine rings is 1. The van der Waals surface area contributed by atoms with E-state index in [0.717, 1.165) is 53.8 Å². The van der Waals surface area contributed by atoms with Gasteiger partial charge in [0.15, 0.2) is 0 Å². The van der Waals surface area contributed by atoms with Gasteiger partial charge in [-0.25, -0.2) is 0 Å². The van der Waals surface area contributed by atoms with E-state index >= 15 is 0 Å². The van der Waals surface area contributed by atoms with E-state index in [1.807, 2.05) is 35.8 Å². The molecule has 1 N–H and O–H groups in total. The van der Waals surface area contributed by atoms with Gasteiger partial charge in [0.05, 0.1) is 35.0 Å². The second kappa shape index (κ2) is 11.0. The van der Waals surface area contributed by atoms with Crippen molar-refractivity contribution in [1.82, 2.24) is 9.88 Å². The summed E-state index contributed by atoms with van der Waals surface area (Å²) < 4.78 is 5.37. The number of pyridine rings is 1. The Morgan fingerprint density at radius 3 is 3.00 bits per heavy atom. The standard InChI is InChI=1S/C26H27ClN2O3S/c1-32-20-7-8-24-21(16-20)18(9-12-28-24)4-2-5-19-10-14-29(17-22(19)26(30)31)13-3-6-25-23(27)11-15-33-25/h7-9,11-12,15-16,19,22H,2,4-5,10,13-14,17H2,1H3,(H,30,31)/t19-,22+/m1/s1. The molecule has 1 fully saturated rings. The van der Waals surface area contributed by atoms with Crippen molar-refractivity contribution >= 4 is 39.8 Å². The molecule has 5 nitrogen and oxygen atoms in total. The largest absolute Gasteiger partial charge is 0.497 e. The summed E-state index contributed by atoms with van der Waals surface area (Å²) in [5.74, 6) is 6.19. The Morgan fingerprint density at radius 1 is 1.36 bits per heavy atom. The Morgan fingerprint density at radius 2 is 2.24 bits per heavy atom. The quantitative estimate of drug-likeness (QED) is 0.459. The van der Waals surface area contributed by atoms with Crippen LogP contribution in [-0.2, 0) is 11.2 Å². The molecule has 0 bridgehead atoms. The van der Waals surface area contributed by atoms with Gasteiger partial charge < -0.3 is 9.84 Å². The molecule has 0 radical (unpaired) electrons. The van der Waals surface area contributed by atoms with E-state index in [2.05, 4.69) is 27.8 Å². The van der Waals surface area contributed by atoms with Gasteiger partial charge >= 0.3 is 5.97 Å². The number of aliphatic carboxylic acids is 1. The monoisotopic (exact) mass is 482 g/mol. The van der Waals surface area contributed by atoms with E-state index in [9.17, 15) is 9.90 Å². The molecule has 0 saturated carbocycles. The molecule has 7 heteroatoms. The molecule has 2 atom stereocenters. The summed E-state index contributed by atoms with van der Waals surface area (Å²) >= 11 is 7.61. The number of carboxylic acid groups (broad SMARTS) is 1. The van der Waals surface area contributed by atoms with Crippen molar-refractivity contribution in [1.29, 1.82) is 0 Å². The Balaban J connectivity index is 1.34. The van der Waals surface area contributed by atoms with Gasteiger partial charge in [0.25, 0.3) is 0 Å². The average molecular weight is 483 g/mol. The Kier molecular flexibility index (Phi) is 7.87. The normalized spacial score (nSPS) is 18.6. The molecule has 4 rings (SSSR count). The number of benzene rings is 1. The van der Waals surface area contributed by atoms with Crippen LogP contribution >= 0.6 is 22.9 Å². The predicted molar refractivity (Wildman–Crippen MR) is 133 cm³/mol. The summed E-state index contributed by atoms with van der Waals surface area (Å²) in [4.78, 5) is 19.4. The first-order valence-electron chi connectivity index (χ1n) is 11.1. The molecular weight excluding hydrogens is 456 g/mol. The number of thiophene rings is 1. The molecule has 1 aliphatic heterocycles. The van der Waals surface area contributed by atoms with Crippen molar-refractivity contribution in [3.63, 3.8) is 0 Å². The van der Waals surface area contributed by atoms with Gasteiger partial charge in [-0.1, -0.05) is 23.4 Å². The lowest BCUT2D eigenvalue weighted by molar-refractivity contribution is -0.146. The van der Waals surface area contributed by atoms with Crippen LogP contribution in [-0.4, -0.2) is 47.7 Å². The van der Waals surface area contributed by atoms with Gasteiger partial charge in [-0.15, -0.1) is 11.3 Å². The van der Waals surface area contributed by atoms with Gasteiger partial charge in [0.2, 0.25) is 0 Å². The van der Waals surface area contributed by atoms with E-state index in [1.54, 1.807) is 7.11 Å². The smallest absolute Gasteiger partial charge is 0.308 e. The highest BCUT2D eigenvalue weighted by Gasteiger charge is 2.33. The Labute approximate surface area is 203 Å². The third-order valence-corrected chi connectivity index (χ3v) is 7.60. The summed E-state index contributed by atoms with van der Waals surface area (Å²) in [6, 6.07) is 9.82. The van der Waals surface area contributed by atoms with Crippen molar-refractivity contribution < 1.29 is 14.6 Å². The zero-order valence-electron chi connectivity index (χ0n) is 18.6. The van der Waals surface area contributed by atoms with E-state index in [-0.39, 0.29) is 11.8 Å². The SMILES string of the molecule is COc1ccc2nccc(CCC[C@@H]3CCN(CC#Cc4sccc4Cl)C[C@@H]3C(=O)O)c2c1. The first kappa shape index (κ1) is 23.6. The average Bonchev–Trinajstić information content (AvgIpc) is 3.24. The highest BCUT2D eigenvalue weighted by molar-refractivity contribution is 7.11. The molecule has 1 aromatic carbocycles. The number of rotatable bonds is 7. The number of likely N-dealkylation sites (tertiary alicyclic amines) is 1. The molecule has 172 valence electrons. The maximum Gasteiger partial charge on any atom is 0.308 e. The number of ether oxygens (including phenoxy) is 1. The minimum Gasteiger partial charge on any atom is -0.497 e. The number of fused-ring (bicyclic) bond motifs is 1. The minimum absolute atomic E-state index is 0.182. The number of aromatic nitrogens is 1. The van der Waals surface area contributed by atoms with Gasteiger partial charge in [0.1, 0.15) is 5.75 Å². The number of carbonyl (C=O) groups is 1. The Bertz CT molecular complexity index is 1180. The third kappa shape index (κ3) is 5.86. The molecule has 0 spiro atoms. The molecule has 0 aliphatic carbocycles. The lowest BCUT2D eigenvalue weighted by Gasteiger charge is -2.35. The molecule has 3 heterocycles. The maximum atomic E-state index is 12.0. The van der Waals surface area contributed by atoms with Crippen molar-refractivity contribution in [3.05, 3.63) is 57.4 Å². The van der Waals surface area contributed by atoms with Crippen LogP contribution in [0.4, 0.5) is 0 Å². The molecule has 0 unspecified atom stereocenters. The van der Waals surface area contributed by atoms with Gasteiger partial charge in [-0.3, -0.25) is 14.7 Å². The third-order valence-electron chi connectivity index (χ3n) is 6.34. The Hall–Kier alpha value is -2.59. The summed E-state index contributed by atoms with van der Waals surface area (Å²) in [5.41, 5.74) is 2.18. The van der Waals surface area contributed by atoms with Crippen LogP contribution in [0.5, 0.6) is 5.75 Å². The van der Waals surface area contributed by atoms with Crippen LogP contribution in [0.15, 0.2) is 41.9 Å². The fourth-order valence-corrected chi connectivity index (χ4v) is 5.50. The van der Waals surface area contributed by atoms with Gasteiger partial charge in [-0.2, -0.15) is 0 Å². The predicted octanol–water partition coefficient (Wildman–Crippen LogP) is 5.36. The van der Waals surface area contributed by atoms with Crippen LogP contribution in [0, 0.1) is 23.7 Å². The fraction of sp³-hybridized carbons (Fsp3) is 0.385. The topological polar surface area (TPSA) is 62.7 Å². The number of carboxylic acids is 1. The molecule has 0 amide bonds. The van der Waals surface area contributed by atoms with Crippen LogP contribution in [0.2, 0.25) is 5.02 Å². The van der Waals surface area contributed by atoms with Crippen LogP contribution < -0.4 is 4.74 Å². The number of aryl methyl sites for hydroxylation is 1. The number of hydrogen-bond donors (Lipinski definition) is 1. The second-order valence-corrected chi connectivity index (χ2v) is 9.70. The number of halogens is 1. The van der Waals surface area contributed by atoms with Crippen LogP contribution in [0.3, 0.4) is 0 Å². The molecule has 1 aliphatic rings. The molecular formula is C26H27ClN2O3S. The van der Waals surface area contributed by atoms with E-state index in [0.29, 0.717) is 18.1 Å². The zero-order valence-corrected chi connectivity index (χ0v) is 20.2. The van der Waals surface area contributed by atoms with E-state index < -0.39 is 5.97 Å². The summed E-state index contributed by atoms with van der Waals surface area (Å²) in [6.45, 7) is 1.98. The number of hydrogen-bond acceptors (Lipinski definition) is 5. The fourth-order valence-electron chi connectivity index (χ4n) is 4.53. The molecule has 2 aromatic heterocycles. The van der Waals surface area contributed by atoms with Crippen molar-refractivity contribution in [2.24, 2.45) is 11.8 Å². The first-order chi connectivity index (χ1) is 16.0. The number of nitrogens with zero attached hydrogens (tertiary/aromatic N) is 2. The molecule has 33 heavy (non-hydrogen) atoms. The lowest BCUT2D eigenvalue weighted by Crippen LogP contribution is -2.44. The summed E-state index contributed by atoms with van der Waals surface area (Å²) in [7, 11) is 1.67. The zero-order chi connectivity index (χ0) is 23.2. The van der Waals surface area contributed by atoms with Gasteiger partial charge in [0, 0.05) is 18.1 Å². The van der Waals surface area contributed by atoms with E-state index in [1.165, 1.54) is 16.9 Å². The van der Waals surface area contributed by atoms with Gasteiger partial charge in [-0.05, 0) is 79.4 Å². The van der Waals surface area contributed by atoms with Crippen LogP contribution in [0.25, 0.3) is 10.9 Å². The van der Waals surface area contributed by atoms with Crippen molar-refractivity contribution in [2.75, 3.05) is 26.7 Å². The molecule has 3 aromatic rings. The number of methoxy groups -OCH3 is 1. The lowest BCUT2D eigenvalue weighted by atomic mass is 9.81. The summed E-state index contributed by atoms with van der Waals surface area (Å²) in [6.07, 6.45) is 5.46. The second-order valence-electron chi connectivity index (χ2n) is 8.37. The van der Waals surface area contributed by atoms with E-state index in [4.69, 9.17) is 16.3 Å². The first-order valence-corrected chi connectivity index (χ1v) is 12.4. The highest BCUT2D eigenvalue weighted by atomic mass is 35.5. The highest BCUT2D eigenvalue weighted by Crippen LogP contribution is 2.30. The minimum atomic E-state index is -0.710. The van der Waals surface area contributed by atoms with Crippen molar-refractivity contribution in [3.8, 4) is 17.6 Å². The van der Waals surface area contributed by atoms with Crippen LogP contribution in [0.1, 0.15) is 29.7 Å².